The Morgan fingerprint density at radius 3 is 2.68 bits per heavy atom. The summed E-state index contributed by atoms with van der Waals surface area (Å²) < 4.78 is 19.8. The second-order valence-corrected chi connectivity index (χ2v) is 8.59. The lowest BCUT2D eigenvalue weighted by molar-refractivity contribution is 0.249. The summed E-state index contributed by atoms with van der Waals surface area (Å²) in [5, 5.41) is 4.07. The first-order valence-corrected chi connectivity index (χ1v) is 10.7. The van der Waals surface area contributed by atoms with Crippen molar-refractivity contribution in [3.05, 3.63) is 75.4 Å². The van der Waals surface area contributed by atoms with Gasteiger partial charge in [0.1, 0.15) is 28.2 Å². The number of para-hydroxylation sites is 1. The van der Waals surface area contributed by atoms with Gasteiger partial charge in [0.15, 0.2) is 0 Å². The molecule has 0 spiro atoms. The van der Waals surface area contributed by atoms with Crippen LogP contribution in [-0.4, -0.2) is 21.9 Å². The van der Waals surface area contributed by atoms with Crippen LogP contribution in [0.3, 0.4) is 0 Å². The number of benzene rings is 2. The van der Waals surface area contributed by atoms with Crippen LogP contribution in [0, 0.1) is 5.82 Å². The number of rotatable bonds is 7. The molecule has 0 radical (unpaired) electrons. The molecule has 4 aromatic rings. The minimum absolute atomic E-state index is 0.206. The summed E-state index contributed by atoms with van der Waals surface area (Å²) in [6.45, 7) is 3.29. The zero-order chi connectivity index (χ0) is 19.5. The largest absolute Gasteiger partial charge is 0.486 e. The lowest BCUT2D eigenvalue weighted by atomic mass is 10.3. The fourth-order valence-electron chi connectivity index (χ4n) is 2.81. The zero-order valence-corrected chi connectivity index (χ0v) is 17.3. The lowest BCUT2D eigenvalue weighted by Crippen LogP contribution is -2.22. The average Bonchev–Trinajstić information content (AvgIpc) is 3.33. The summed E-state index contributed by atoms with van der Waals surface area (Å²) in [5.74, 6) is 0.369. The molecule has 0 aliphatic carbocycles. The summed E-state index contributed by atoms with van der Waals surface area (Å²) in [6, 6.07) is 14.5. The minimum Gasteiger partial charge on any atom is -0.486 e. The number of thiazole rings is 2. The molecule has 0 bridgehead atoms. The monoisotopic (exact) mass is 413 g/mol. The molecule has 7 heteroatoms. The summed E-state index contributed by atoms with van der Waals surface area (Å²) in [7, 11) is 2.09. The van der Waals surface area contributed by atoms with Gasteiger partial charge in [0, 0.05) is 11.9 Å². The van der Waals surface area contributed by atoms with Crippen LogP contribution >= 0.6 is 22.7 Å². The Bertz CT molecular complexity index is 1030. The summed E-state index contributed by atoms with van der Waals surface area (Å²) in [6.07, 6.45) is 0. The van der Waals surface area contributed by atoms with Crippen LogP contribution in [0.15, 0.2) is 53.9 Å². The summed E-state index contributed by atoms with van der Waals surface area (Å²) in [4.78, 5) is 11.7. The fraction of sp³-hybridized carbons (Fsp3) is 0.238. The van der Waals surface area contributed by atoms with Crippen molar-refractivity contribution < 1.29 is 9.13 Å². The van der Waals surface area contributed by atoms with Gasteiger partial charge in [0.05, 0.1) is 22.0 Å². The average molecular weight is 414 g/mol. The maximum atomic E-state index is 12.9. The molecule has 1 atom stereocenters. The second kappa shape index (κ2) is 8.34. The van der Waals surface area contributed by atoms with E-state index in [0.717, 1.165) is 27.8 Å². The SMILES string of the molecule is C[C@@H](c1nc2ccccc2s1)N(C)Cc1csc(COc2ccc(F)cc2)n1. The van der Waals surface area contributed by atoms with Gasteiger partial charge >= 0.3 is 0 Å². The minimum atomic E-state index is -0.269. The highest BCUT2D eigenvalue weighted by molar-refractivity contribution is 7.18. The molecule has 0 unspecified atom stereocenters. The zero-order valence-electron chi connectivity index (χ0n) is 15.6. The highest BCUT2D eigenvalue weighted by Crippen LogP contribution is 2.29. The molecule has 0 saturated heterocycles. The van der Waals surface area contributed by atoms with Crippen molar-refractivity contribution in [3.63, 3.8) is 0 Å². The van der Waals surface area contributed by atoms with E-state index in [-0.39, 0.29) is 11.9 Å². The molecule has 0 fully saturated rings. The first-order valence-electron chi connectivity index (χ1n) is 8.96. The Morgan fingerprint density at radius 1 is 1.11 bits per heavy atom. The third-order valence-corrected chi connectivity index (χ3v) is 6.59. The molecule has 2 aromatic heterocycles. The predicted molar refractivity (Wildman–Crippen MR) is 112 cm³/mol. The van der Waals surface area contributed by atoms with E-state index < -0.39 is 0 Å². The Hall–Kier alpha value is -2.35. The van der Waals surface area contributed by atoms with Crippen molar-refractivity contribution in [3.8, 4) is 5.75 Å². The predicted octanol–water partition coefficient (Wildman–Crippen LogP) is 5.66. The van der Waals surface area contributed by atoms with Crippen molar-refractivity contribution in [2.24, 2.45) is 0 Å². The van der Waals surface area contributed by atoms with Gasteiger partial charge in [-0.1, -0.05) is 12.1 Å². The number of fused-ring (bicyclic) bond motifs is 1. The number of hydrogen-bond acceptors (Lipinski definition) is 6. The van der Waals surface area contributed by atoms with Crippen LogP contribution < -0.4 is 4.74 Å². The van der Waals surface area contributed by atoms with E-state index >= 15 is 0 Å². The Labute approximate surface area is 171 Å². The van der Waals surface area contributed by atoms with Crippen molar-refractivity contribution in [2.75, 3.05) is 7.05 Å². The molecular formula is C21H20FN3OS2. The van der Waals surface area contributed by atoms with E-state index in [4.69, 9.17) is 9.72 Å². The normalized spacial score (nSPS) is 12.6. The van der Waals surface area contributed by atoms with Gasteiger partial charge in [-0.2, -0.15) is 0 Å². The molecule has 2 aromatic carbocycles. The Morgan fingerprint density at radius 2 is 1.89 bits per heavy atom. The van der Waals surface area contributed by atoms with Gasteiger partial charge in [-0.05, 0) is 50.4 Å². The standard InChI is InChI=1S/C21H20FN3OS2/c1-14(21-24-18-5-3-4-6-19(18)28-21)25(2)11-16-13-27-20(23-16)12-26-17-9-7-15(22)8-10-17/h3-10,13-14H,11-12H2,1-2H3/t14-/m0/s1. The van der Waals surface area contributed by atoms with E-state index in [1.54, 1.807) is 34.8 Å². The van der Waals surface area contributed by atoms with E-state index in [9.17, 15) is 4.39 Å². The molecule has 0 aliphatic rings. The van der Waals surface area contributed by atoms with Gasteiger partial charge in [0.2, 0.25) is 0 Å². The van der Waals surface area contributed by atoms with Crippen LogP contribution in [0.1, 0.15) is 28.7 Å². The van der Waals surface area contributed by atoms with E-state index in [1.165, 1.54) is 16.8 Å². The first kappa shape index (κ1) is 19.0. The number of nitrogens with zero attached hydrogens (tertiary/aromatic N) is 3. The fourth-order valence-corrected chi connectivity index (χ4v) is 4.59. The number of aromatic nitrogens is 2. The van der Waals surface area contributed by atoms with Crippen molar-refractivity contribution in [1.29, 1.82) is 0 Å². The van der Waals surface area contributed by atoms with Crippen LogP contribution in [-0.2, 0) is 13.2 Å². The molecule has 28 heavy (non-hydrogen) atoms. The molecule has 0 amide bonds. The number of hydrogen-bond donors (Lipinski definition) is 0. The maximum absolute atomic E-state index is 12.9. The van der Waals surface area contributed by atoms with Crippen LogP contribution in [0.2, 0.25) is 0 Å². The quantitative estimate of drug-likeness (QED) is 0.392. The lowest BCUT2D eigenvalue weighted by Gasteiger charge is -2.21. The molecule has 144 valence electrons. The van der Waals surface area contributed by atoms with E-state index in [2.05, 4.69) is 41.4 Å². The molecule has 4 rings (SSSR count). The second-order valence-electron chi connectivity index (χ2n) is 6.59. The third-order valence-electron chi connectivity index (χ3n) is 4.52. The highest BCUT2D eigenvalue weighted by atomic mass is 32.1. The van der Waals surface area contributed by atoms with Crippen LogP contribution in [0.5, 0.6) is 5.75 Å². The summed E-state index contributed by atoms with van der Waals surface area (Å²) >= 11 is 3.31. The molecular weight excluding hydrogens is 393 g/mol. The molecule has 0 N–H and O–H groups in total. The van der Waals surface area contributed by atoms with Crippen molar-refractivity contribution >= 4 is 32.9 Å². The topological polar surface area (TPSA) is 38.2 Å². The summed E-state index contributed by atoms with van der Waals surface area (Å²) in [5.41, 5.74) is 2.06. The number of ether oxygens (including phenoxy) is 1. The third kappa shape index (κ3) is 4.38. The highest BCUT2D eigenvalue weighted by Gasteiger charge is 2.17. The smallest absolute Gasteiger partial charge is 0.140 e. The van der Waals surface area contributed by atoms with Crippen LogP contribution in [0.25, 0.3) is 10.2 Å². The van der Waals surface area contributed by atoms with E-state index in [1.807, 2.05) is 12.1 Å². The van der Waals surface area contributed by atoms with Crippen molar-refractivity contribution in [2.45, 2.75) is 26.1 Å². The Balaban J connectivity index is 1.36. The van der Waals surface area contributed by atoms with Gasteiger partial charge in [-0.3, -0.25) is 4.90 Å². The van der Waals surface area contributed by atoms with E-state index in [0.29, 0.717) is 12.4 Å². The molecule has 0 aliphatic heterocycles. The number of halogens is 1. The van der Waals surface area contributed by atoms with Gasteiger partial charge in [-0.25, -0.2) is 14.4 Å². The maximum Gasteiger partial charge on any atom is 0.140 e. The van der Waals surface area contributed by atoms with Gasteiger partial charge in [-0.15, -0.1) is 22.7 Å². The van der Waals surface area contributed by atoms with Gasteiger partial charge < -0.3 is 4.74 Å². The van der Waals surface area contributed by atoms with Crippen LogP contribution in [0.4, 0.5) is 4.39 Å². The Kier molecular flexibility index (Phi) is 5.66. The molecule has 4 nitrogen and oxygen atoms in total. The molecule has 0 saturated carbocycles. The first-order chi connectivity index (χ1) is 13.6. The molecule has 2 heterocycles. The van der Waals surface area contributed by atoms with Gasteiger partial charge in [0.25, 0.3) is 0 Å². The van der Waals surface area contributed by atoms with Crippen molar-refractivity contribution in [1.82, 2.24) is 14.9 Å².